The highest BCUT2D eigenvalue weighted by molar-refractivity contribution is 5.97. The maximum Gasteiger partial charge on any atom is 0.416 e. The van der Waals surface area contributed by atoms with E-state index in [0.29, 0.717) is 11.3 Å². The van der Waals surface area contributed by atoms with Crippen molar-refractivity contribution in [3.8, 4) is 11.5 Å². The molecule has 0 spiro atoms. The summed E-state index contributed by atoms with van der Waals surface area (Å²) >= 11 is 0. The summed E-state index contributed by atoms with van der Waals surface area (Å²) in [7, 11) is 0. The van der Waals surface area contributed by atoms with Gasteiger partial charge in [-0.2, -0.15) is 13.2 Å². The van der Waals surface area contributed by atoms with Gasteiger partial charge in [0.05, 0.1) is 5.56 Å². The number of rotatable bonds is 4. The third-order valence-electron chi connectivity index (χ3n) is 2.84. The van der Waals surface area contributed by atoms with Crippen molar-refractivity contribution >= 4 is 11.8 Å². The lowest BCUT2D eigenvalue weighted by molar-refractivity contribution is -0.141. The Kier molecular flexibility index (Phi) is 5.08. The van der Waals surface area contributed by atoms with Gasteiger partial charge >= 0.3 is 12.1 Å². The molecule has 2 aromatic rings. The van der Waals surface area contributed by atoms with E-state index in [9.17, 15) is 18.0 Å². The molecule has 126 valence electrons. The second kappa shape index (κ2) is 7.03. The minimum Gasteiger partial charge on any atom is -0.457 e. The Morgan fingerprint density at radius 3 is 1.96 bits per heavy atom. The summed E-state index contributed by atoms with van der Waals surface area (Å²) in [4.78, 5) is 15.1. The van der Waals surface area contributed by atoms with E-state index in [0.717, 1.165) is 12.1 Å². The van der Waals surface area contributed by atoms with Gasteiger partial charge in [0, 0.05) is 12.5 Å². The highest BCUT2D eigenvalue weighted by Gasteiger charge is 2.30. The van der Waals surface area contributed by atoms with Gasteiger partial charge in [0.2, 0.25) is 0 Å². The van der Waals surface area contributed by atoms with Gasteiger partial charge in [-0.05, 0) is 48.5 Å². The number of hydrogen-bond donors (Lipinski definition) is 1. The number of hydrogen-bond acceptors (Lipinski definition) is 4. The first-order valence-electron chi connectivity index (χ1n) is 6.72. The minimum absolute atomic E-state index is 0.00581. The van der Waals surface area contributed by atoms with E-state index in [4.69, 9.17) is 10.5 Å². The van der Waals surface area contributed by atoms with E-state index < -0.39 is 17.7 Å². The average molecular weight is 338 g/mol. The van der Waals surface area contributed by atoms with E-state index in [-0.39, 0.29) is 11.6 Å². The number of amidine groups is 1. The summed E-state index contributed by atoms with van der Waals surface area (Å²) in [5.74, 6) is 0.0718. The molecule has 0 atom stereocenters. The number of oxime groups is 1. The van der Waals surface area contributed by atoms with Crippen molar-refractivity contribution in [2.45, 2.75) is 13.1 Å². The first-order valence-corrected chi connectivity index (χ1v) is 6.72. The number of ether oxygens (including phenoxy) is 1. The van der Waals surface area contributed by atoms with Crippen LogP contribution in [0.2, 0.25) is 0 Å². The number of carbonyl (C=O) groups excluding carboxylic acids is 1. The van der Waals surface area contributed by atoms with Crippen molar-refractivity contribution in [1.82, 2.24) is 0 Å². The lowest BCUT2D eigenvalue weighted by Gasteiger charge is -2.09. The van der Waals surface area contributed by atoms with Crippen LogP contribution in [0, 0.1) is 0 Å². The molecule has 0 aliphatic carbocycles. The number of nitrogens with zero attached hydrogens (tertiary/aromatic N) is 1. The zero-order valence-electron chi connectivity index (χ0n) is 12.5. The minimum atomic E-state index is -4.39. The van der Waals surface area contributed by atoms with Crippen LogP contribution in [0.5, 0.6) is 11.5 Å². The van der Waals surface area contributed by atoms with Crippen LogP contribution in [0.1, 0.15) is 18.1 Å². The smallest absolute Gasteiger partial charge is 0.416 e. The highest BCUT2D eigenvalue weighted by atomic mass is 19.4. The van der Waals surface area contributed by atoms with Crippen LogP contribution in [0.15, 0.2) is 53.7 Å². The zero-order chi connectivity index (χ0) is 17.7. The van der Waals surface area contributed by atoms with Gasteiger partial charge in [0.1, 0.15) is 11.5 Å². The van der Waals surface area contributed by atoms with Crippen molar-refractivity contribution in [1.29, 1.82) is 0 Å². The van der Waals surface area contributed by atoms with Crippen molar-refractivity contribution in [2.75, 3.05) is 0 Å². The first-order chi connectivity index (χ1) is 11.3. The second-order valence-corrected chi connectivity index (χ2v) is 4.71. The van der Waals surface area contributed by atoms with E-state index in [1.807, 2.05) is 0 Å². The molecule has 0 heterocycles. The predicted octanol–water partition coefficient (Wildman–Crippen LogP) is 3.68. The molecule has 0 aliphatic heterocycles. The molecule has 5 nitrogen and oxygen atoms in total. The molecule has 0 bridgehead atoms. The molecule has 0 radical (unpaired) electrons. The van der Waals surface area contributed by atoms with Crippen LogP contribution in [0.3, 0.4) is 0 Å². The zero-order valence-corrected chi connectivity index (χ0v) is 12.5. The summed E-state index contributed by atoms with van der Waals surface area (Å²) in [5, 5.41) is 3.44. The van der Waals surface area contributed by atoms with Crippen LogP contribution < -0.4 is 10.5 Å². The first kappa shape index (κ1) is 17.3. The molecule has 0 saturated carbocycles. The monoisotopic (exact) mass is 338 g/mol. The maximum atomic E-state index is 12.5. The second-order valence-electron chi connectivity index (χ2n) is 4.71. The summed E-state index contributed by atoms with van der Waals surface area (Å²) in [6, 6.07) is 10.6. The predicted molar refractivity (Wildman–Crippen MR) is 80.5 cm³/mol. The third kappa shape index (κ3) is 4.73. The van der Waals surface area contributed by atoms with Gasteiger partial charge in [0.15, 0.2) is 5.84 Å². The molecular formula is C16H13F3N2O3. The van der Waals surface area contributed by atoms with Crippen LogP contribution in [0.4, 0.5) is 13.2 Å². The molecule has 2 N–H and O–H groups in total. The van der Waals surface area contributed by atoms with E-state index in [1.165, 1.54) is 19.1 Å². The molecular weight excluding hydrogens is 325 g/mol. The summed E-state index contributed by atoms with van der Waals surface area (Å²) in [6.45, 7) is 1.19. The lowest BCUT2D eigenvalue weighted by Crippen LogP contribution is -2.14. The number of carbonyl (C=O) groups is 1. The van der Waals surface area contributed by atoms with Crippen LogP contribution in [-0.2, 0) is 15.8 Å². The number of nitrogens with two attached hydrogens (primary N) is 1. The SMILES string of the molecule is CC(=O)O/N=C(\N)c1ccc(Oc2ccc(C(F)(F)F)cc2)cc1. The molecule has 2 aromatic carbocycles. The molecule has 24 heavy (non-hydrogen) atoms. The van der Waals surface area contributed by atoms with Gasteiger partial charge in [-0.15, -0.1) is 0 Å². The lowest BCUT2D eigenvalue weighted by atomic mass is 10.2. The fourth-order valence-corrected chi connectivity index (χ4v) is 1.71. The van der Waals surface area contributed by atoms with E-state index in [2.05, 4.69) is 9.99 Å². The molecule has 0 amide bonds. The Balaban J connectivity index is 2.06. The average Bonchev–Trinajstić information content (AvgIpc) is 2.53. The van der Waals surface area contributed by atoms with E-state index >= 15 is 0 Å². The summed E-state index contributed by atoms with van der Waals surface area (Å²) in [5.41, 5.74) is 5.37. The molecule has 0 aromatic heterocycles. The molecule has 8 heteroatoms. The van der Waals surface area contributed by atoms with Gasteiger partial charge in [0.25, 0.3) is 0 Å². The van der Waals surface area contributed by atoms with E-state index in [1.54, 1.807) is 24.3 Å². The third-order valence-corrected chi connectivity index (χ3v) is 2.84. The Morgan fingerprint density at radius 2 is 1.50 bits per heavy atom. The van der Waals surface area contributed by atoms with Crippen LogP contribution >= 0.6 is 0 Å². The topological polar surface area (TPSA) is 73.9 Å². The van der Waals surface area contributed by atoms with Gasteiger partial charge in [-0.1, -0.05) is 5.16 Å². The van der Waals surface area contributed by atoms with Gasteiger partial charge in [-0.3, -0.25) is 0 Å². The van der Waals surface area contributed by atoms with Crippen molar-refractivity contribution in [3.63, 3.8) is 0 Å². The maximum absolute atomic E-state index is 12.5. The molecule has 2 rings (SSSR count). The van der Waals surface area contributed by atoms with Crippen LogP contribution in [0.25, 0.3) is 0 Å². The van der Waals surface area contributed by atoms with Crippen LogP contribution in [-0.4, -0.2) is 11.8 Å². The van der Waals surface area contributed by atoms with Crippen molar-refractivity contribution in [3.05, 3.63) is 59.7 Å². The Bertz CT molecular complexity index is 739. The van der Waals surface area contributed by atoms with Gasteiger partial charge in [-0.25, -0.2) is 4.79 Å². The number of benzene rings is 2. The standard InChI is InChI=1S/C16H13F3N2O3/c1-10(22)24-21-15(20)11-2-6-13(7-3-11)23-14-8-4-12(5-9-14)16(17,18)19/h2-9H,1H3,(H2,20,21). The fraction of sp³-hybridized carbons (Fsp3) is 0.125. The Morgan fingerprint density at radius 1 is 1.00 bits per heavy atom. The summed E-state index contributed by atoms with van der Waals surface area (Å²) < 4.78 is 42.9. The summed E-state index contributed by atoms with van der Waals surface area (Å²) in [6.07, 6.45) is -4.39. The number of halogens is 3. The number of alkyl halides is 3. The fourth-order valence-electron chi connectivity index (χ4n) is 1.71. The Labute approximate surface area is 135 Å². The van der Waals surface area contributed by atoms with Crippen molar-refractivity contribution in [2.24, 2.45) is 10.9 Å². The quantitative estimate of drug-likeness (QED) is 0.399. The van der Waals surface area contributed by atoms with Gasteiger partial charge < -0.3 is 15.3 Å². The van der Waals surface area contributed by atoms with Crippen molar-refractivity contribution < 1.29 is 27.5 Å². The molecule has 0 saturated heterocycles. The largest absolute Gasteiger partial charge is 0.457 e. The normalized spacial score (nSPS) is 11.9. The molecule has 0 aliphatic rings. The molecule has 0 unspecified atom stereocenters. The highest BCUT2D eigenvalue weighted by Crippen LogP contribution is 2.31. The molecule has 0 fully saturated rings. The Hall–Kier alpha value is -3.03.